The third-order valence-corrected chi connectivity index (χ3v) is 7.15. The standard InChI is InChI=1S/C30H33N5O4/c1-21-25(29(36)32-15-18-38-2)10-11-27-26(21)20-35(33-27)19-22-12-16-34(17-13-22)30(37)23-6-8-24(9-7-23)39-28-5-3-4-14-31-28/h3-11,14,20,22H,12-13,15-19H2,1-2H3,(H,32,36). The monoisotopic (exact) mass is 527 g/mol. The summed E-state index contributed by atoms with van der Waals surface area (Å²) in [5.74, 6) is 1.52. The van der Waals surface area contributed by atoms with Crippen molar-refractivity contribution in [3.63, 3.8) is 0 Å². The van der Waals surface area contributed by atoms with Crippen LogP contribution in [-0.2, 0) is 11.3 Å². The summed E-state index contributed by atoms with van der Waals surface area (Å²) >= 11 is 0. The van der Waals surface area contributed by atoms with Crippen LogP contribution in [-0.4, -0.2) is 64.8 Å². The van der Waals surface area contributed by atoms with E-state index in [1.807, 2.05) is 47.0 Å². The number of amides is 2. The number of carbonyl (C=O) groups is 2. The second kappa shape index (κ2) is 12.1. The van der Waals surface area contributed by atoms with Crippen LogP contribution in [0.2, 0.25) is 0 Å². The molecule has 9 heteroatoms. The fourth-order valence-corrected chi connectivity index (χ4v) is 4.94. The lowest BCUT2D eigenvalue weighted by Gasteiger charge is -2.32. The van der Waals surface area contributed by atoms with Crippen molar-refractivity contribution in [2.24, 2.45) is 5.92 Å². The van der Waals surface area contributed by atoms with Crippen LogP contribution < -0.4 is 10.1 Å². The van der Waals surface area contributed by atoms with Gasteiger partial charge in [0.15, 0.2) is 0 Å². The molecule has 1 fully saturated rings. The van der Waals surface area contributed by atoms with Crippen LogP contribution in [0.3, 0.4) is 0 Å². The molecule has 1 aliphatic heterocycles. The van der Waals surface area contributed by atoms with Gasteiger partial charge in [-0.15, -0.1) is 0 Å². The van der Waals surface area contributed by atoms with Crippen LogP contribution >= 0.6 is 0 Å². The van der Waals surface area contributed by atoms with Crippen LogP contribution in [0, 0.1) is 12.8 Å². The highest BCUT2D eigenvalue weighted by Crippen LogP contribution is 2.25. The van der Waals surface area contributed by atoms with Crippen molar-refractivity contribution in [3.8, 4) is 11.6 Å². The molecule has 2 amide bonds. The summed E-state index contributed by atoms with van der Waals surface area (Å²) < 4.78 is 12.7. The number of piperidine rings is 1. The summed E-state index contributed by atoms with van der Waals surface area (Å²) in [5, 5.41) is 8.62. The lowest BCUT2D eigenvalue weighted by atomic mass is 9.96. The Morgan fingerprint density at radius 1 is 1.05 bits per heavy atom. The zero-order valence-electron chi connectivity index (χ0n) is 22.3. The fourth-order valence-electron chi connectivity index (χ4n) is 4.94. The Kier molecular flexibility index (Phi) is 8.17. The normalized spacial score (nSPS) is 13.9. The predicted octanol–water partition coefficient (Wildman–Crippen LogP) is 4.46. The summed E-state index contributed by atoms with van der Waals surface area (Å²) in [7, 11) is 1.61. The van der Waals surface area contributed by atoms with Crippen LogP contribution in [0.4, 0.5) is 0 Å². The number of fused-ring (bicyclic) bond motifs is 1. The topological polar surface area (TPSA) is 98.6 Å². The first-order valence-electron chi connectivity index (χ1n) is 13.2. The third-order valence-electron chi connectivity index (χ3n) is 7.15. The molecule has 0 spiro atoms. The number of carbonyl (C=O) groups excluding carboxylic acids is 2. The van der Waals surface area contributed by atoms with E-state index in [-0.39, 0.29) is 11.8 Å². The number of rotatable bonds is 9. The Bertz CT molecular complexity index is 1430. The molecule has 0 radical (unpaired) electrons. The Morgan fingerprint density at radius 3 is 2.56 bits per heavy atom. The number of methoxy groups -OCH3 is 1. The number of ether oxygens (including phenoxy) is 2. The number of aryl methyl sites for hydroxylation is 1. The number of likely N-dealkylation sites (tertiary alicyclic amines) is 1. The van der Waals surface area contributed by atoms with Crippen LogP contribution in [0.5, 0.6) is 11.6 Å². The van der Waals surface area contributed by atoms with E-state index < -0.39 is 0 Å². The largest absolute Gasteiger partial charge is 0.439 e. The number of aromatic nitrogens is 3. The molecule has 0 saturated carbocycles. The first kappa shape index (κ1) is 26.4. The maximum Gasteiger partial charge on any atom is 0.253 e. The molecule has 0 unspecified atom stereocenters. The molecule has 9 nitrogen and oxygen atoms in total. The van der Waals surface area contributed by atoms with Gasteiger partial charge >= 0.3 is 0 Å². The highest BCUT2D eigenvalue weighted by molar-refractivity contribution is 6.00. The summed E-state index contributed by atoms with van der Waals surface area (Å²) in [4.78, 5) is 31.7. The zero-order valence-corrected chi connectivity index (χ0v) is 22.3. The van der Waals surface area contributed by atoms with Crippen molar-refractivity contribution in [2.75, 3.05) is 33.4 Å². The van der Waals surface area contributed by atoms with Crippen molar-refractivity contribution in [1.29, 1.82) is 0 Å². The second-order valence-electron chi connectivity index (χ2n) is 9.80. The lowest BCUT2D eigenvalue weighted by Crippen LogP contribution is -2.39. The van der Waals surface area contributed by atoms with Crippen molar-refractivity contribution >= 4 is 22.7 Å². The van der Waals surface area contributed by atoms with Crippen LogP contribution in [0.15, 0.2) is 67.0 Å². The van der Waals surface area contributed by atoms with Gasteiger partial charge in [0, 0.05) is 68.3 Å². The van der Waals surface area contributed by atoms with Crippen LogP contribution in [0.1, 0.15) is 39.1 Å². The fraction of sp³-hybridized carbons (Fsp3) is 0.333. The molecular weight excluding hydrogens is 494 g/mol. The van der Waals surface area contributed by atoms with E-state index in [2.05, 4.69) is 10.3 Å². The molecule has 0 bridgehead atoms. The minimum absolute atomic E-state index is 0.0367. The first-order valence-corrected chi connectivity index (χ1v) is 13.2. The molecule has 3 heterocycles. The number of benzene rings is 2. The van der Waals surface area contributed by atoms with Gasteiger partial charge in [-0.2, -0.15) is 5.10 Å². The number of hydrogen-bond donors (Lipinski definition) is 1. The molecular formula is C30H33N5O4. The number of pyridine rings is 1. The van der Waals surface area contributed by atoms with Crippen molar-refractivity contribution < 1.29 is 19.1 Å². The van der Waals surface area contributed by atoms with E-state index in [0.717, 1.165) is 35.9 Å². The maximum absolute atomic E-state index is 13.1. The second-order valence-corrected chi connectivity index (χ2v) is 9.80. The van der Waals surface area contributed by atoms with E-state index in [4.69, 9.17) is 14.6 Å². The number of hydrogen-bond acceptors (Lipinski definition) is 6. The smallest absolute Gasteiger partial charge is 0.253 e. The van der Waals surface area contributed by atoms with Crippen molar-refractivity contribution in [3.05, 3.63) is 83.7 Å². The van der Waals surface area contributed by atoms with Gasteiger partial charge in [0.1, 0.15) is 5.75 Å². The quantitative estimate of drug-likeness (QED) is 0.323. The summed E-state index contributed by atoms with van der Waals surface area (Å²) in [5.41, 5.74) is 3.11. The lowest BCUT2D eigenvalue weighted by molar-refractivity contribution is 0.0681. The number of nitrogens with zero attached hydrogens (tertiary/aromatic N) is 4. The van der Waals surface area contributed by atoms with Gasteiger partial charge in [-0.05, 0) is 73.7 Å². The minimum Gasteiger partial charge on any atom is -0.439 e. The van der Waals surface area contributed by atoms with E-state index in [1.54, 1.807) is 43.6 Å². The Hall–Kier alpha value is -4.24. The van der Waals surface area contributed by atoms with Gasteiger partial charge < -0.3 is 19.7 Å². The predicted molar refractivity (Wildman–Crippen MR) is 148 cm³/mol. The van der Waals surface area contributed by atoms with Gasteiger partial charge in [0.25, 0.3) is 11.8 Å². The Balaban J connectivity index is 1.15. The summed E-state index contributed by atoms with van der Waals surface area (Å²) in [6, 6.07) is 16.4. The molecule has 39 heavy (non-hydrogen) atoms. The number of nitrogens with one attached hydrogen (secondary N) is 1. The molecule has 0 atom stereocenters. The van der Waals surface area contributed by atoms with E-state index in [9.17, 15) is 9.59 Å². The van der Waals surface area contributed by atoms with Gasteiger partial charge in [0.2, 0.25) is 5.88 Å². The molecule has 2 aromatic carbocycles. The highest BCUT2D eigenvalue weighted by atomic mass is 16.5. The molecule has 2 aromatic heterocycles. The first-order chi connectivity index (χ1) is 19.0. The molecule has 5 rings (SSSR count). The molecule has 1 N–H and O–H groups in total. The van der Waals surface area contributed by atoms with Crippen molar-refractivity contribution in [2.45, 2.75) is 26.3 Å². The van der Waals surface area contributed by atoms with Crippen LogP contribution in [0.25, 0.3) is 10.9 Å². The van der Waals surface area contributed by atoms with E-state index >= 15 is 0 Å². The van der Waals surface area contributed by atoms with E-state index in [1.165, 1.54) is 0 Å². The average molecular weight is 528 g/mol. The third kappa shape index (κ3) is 6.26. The molecule has 202 valence electrons. The zero-order chi connectivity index (χ0) is 27.2. The van der Waals surface area contributed by atoms with Gasteiger partial charge in [-0.25, -0.2) is 4.98 Å². The van der Waals surface area contributed by atoms with Gasteiger partial charge in [-0.3, -0.25) is 14.3 Å². The Labute approximate surface area is 227 Å². The molecule has 1 saturated heterocycles. The molecule has 0 aliphatic carbocycles. The maximum atomic E-state index is 13.1. The minimum atomic E-state index is -0.105. The van der Waals surface area contributed by atoms with E-state index in [0.29, 0.717) is 54.9 Å². The highest BCUT2D eigenvalue weighted by Gasteiger charge is 2.24. The SMILES string of the molecule is COCCNC(=O)c1ccc2nn(CC3CCN(C(=O)c4ccc(Oc5ccccn5)cc4)CC3)cc2c1C. The average Bonchev–Trinajstić information content (AvgIpc) is 3.38. The molecule has 1 aliphatic rings. The summed E-state index contributed by atoms with van der Waals surface area (Å²) in [6.45, 7) is 5.11. The van der Waals surface area contributed by atoms with Crippen molar-refractivity contribution in [1.82, 2.24) is 25.0 Å². The molecule has 4 aromatic rings. The van der Waals surface area contributed by atoms with Gasteiger partial charge in [-0.1, -0.05) is 6.07 Å². The Morgan fingerprint density at radius 2 is 1.85 bits per heavy atom. The summed E-state index contributed by atoms with van der Waals surface area (Å²) in [6.07, 6.45) is 5.53. The van der Waals surface area contributed by atoms with Gasteiger partial charge in [0.05, 0.1) is 12.1 Å².